The highest BCUT2D eigenvalue weighted by Crippen LogP contribution is 2.32. The van der Waals surface area contributed by atoms with Crippen LogP contribution >= 0.6 is 0 Å². The van der Waals surface area contributed by atoms with Gasteiger partial charge in [0.2, 0.25) is 5.91 Å². The fourth-order valence-corrected chi connectivity index (χ4v) is 5.93. The molecule has 14 heteroatoms. The molecule has 0 saturated carbocycles. The van der Waals surface area contributed by atoms with Gasteiger partial charge < -0.3 is 50.0 Å². The molecule has 2 fully saturated rings. The number of fused-ring (bicyclic) bond motifs is 1. The predicted molar refractivity (Wildman–Crippen MR) is 182 cm³/mol. The van der Waals surface area contributed by atoms with Crippen molar-refractivity contribution in [3.05, 3.63) is 83.9 Å². The molecule has 0 radical (unpaired) electrons. The van der Waals surface area contributed by atoms with Crippen LogP contribution in [-0.4, -0.2) is 136 Å². The van der Waals surface area contributed by atoms with E-state index in [1.807, 2.05) is 48.5 Å². The van der Waals surface area contributed by atoms with Gasteiger partial charge in [-0.25, -0.2) is 4.99 Å². The summed E-state index contributed by atoms with van der Waals surface area (Å²) < 4.78 is 11.6. The van der Waals surface area contributed by atoms with Crippen molar-refractivity contribution in [3.63, 3.8) is 0 Å². The van der Waals surface area contributed by atoms with Gasteiger partial charge in [0, 0.05) is 48.3 Å². The number of nitrogens with zero attached hydrogens (tertiary/aromatic N) is 3. The number of carbonyl (C=O) groups excluding carboxylic acids is 1. The third-order valence-corrected chi connectivity index (χ3v) is 8.74. The number of anilines is 1. The van der Waals surface area contributed by atoms with E-state index in [-0.39, 0.29) is 18.4 Å². The lowest BCUT2D eigenvalue weighted by Crippen LogP contribution is -2.47. The molecule has 13 nitrogen and oxygen atoms in total. The van der Waals surface area contributed by atoms with Crippen molar-refractivity contribution in [2.45, 2.75) is 24.4 Å². The second kappa shape index (κ2) is 15.0. The number of nitrogens with one attached hydrogen (secondary N) is 2. The van der Waals surface area contributed by atoms with Crippen molar-refractivity contribution in [2.75, 3.05) is 58.3 Å². The first-order valence-corrected chi connectivity index (χ1v) is 15.9. The van der Waals surface area contributed by atoms with Crippen molar-refractivity contribution in [3.8, 4) is 5.88 Å². The minimum Gasteiger partial charge on any atom is -0.494 e. The fraction of sp³-hybridized carbons (Fsp3) is 0.353. The number of aliphatic imine (C=N–C) groups is 1. The fourth-order valence-electron chi connectivity index (χ4n) is 5.93. The first-order valence-electron chi connectivity index (χ1n) is 15.9. The van der Waals surface area contributed by atoms with Gasteiger partial charge in [-0.2, -0.15) is 0 Å². The van der Waals surface area contributed by atoms with E-state index in [1.165, 1.54) is 0 Å². The van der Waals surface area contributed by atoms with E-state index >= 15 is 0 Å². The first kappa shape index (κ1) is 33.8. The molecule has 6 rings (SSSR count). The second-order valence-corrected chi connectivity index (χ2v) is 12.2. The van der Waals surface area contributed by atoms with Crippen LogP contribution in [-0.2, 0) is 14.1 Å². The van der Waals surface area contributed by atoms with E-state index < -0.39 is 38.1 Å². The Balaban J connectivity index is 1.22. The Hall–Kier alpha value is -4.12. The number of aromatic amines is 1. The Labute approximate surface area is 278 Å². The number of rotatable bonds is 11. The van der Waals surface area contributed by atoms with Gasteiger partial charge in [-0.15, -0.1) is 0 Å². The largest absolute Gasteiger partial charge is 0.494 e. The summed E-state index contributed by atoms with van der Waals surface area (Å²) in [5.41, 5.74) is 4.30. The van der Waals surface area contributed by atoms with Crippen LogP contribution in [0.1, 0.15) is 11.1 Å². The highest BCUT2D eigenvalue weighted by molar-refractivity contribution is 6.62. The zero-order chi connectivity index (χ0) is 33.8. The van der Waals surface area contributed by atoms with Crippen molar-refractivity contribution < 1.29 is 39.6 Å². The summed E-state index contributed by atoms with van der Waals surface area (Å²) in [6.07, 6.45) is -5.52. The van der Waals surface area contributed by atoms with Gasteiger partial charge in [0.1, 0.15) is 18.3 Å². The monoisotopic (exact) mass is 657 g/mol. The zero-order valence-corrected chi connectivity index (χ0v) is 26.6. The molecule has 4 aromatic rings. The smallest absolute Gasteiger partial charge is 0.494 e. The lowest BCUT2D eigenvalue weighted by molar-refractivity contribution is -0.117. The highest BCUT2D eigenvalue weighted by atomic mass is 16.6. The van der Waals surface area contributed by atoms with Crippen LogP contribution in [0.5, 0.6) is 5.88 Å². The van der Waals surface area contributed by atoms with E-state index in [0.29, 0.717) is 45.6 Å². The third-order valence-electron chi connectivity index (χ3n) is 8.74. The number of carbonyl (C=O) groups is 1. The summed E-state index contributed by atoms with van der Waals surface area (Å²) in [4.78, 5) is 25.0. The van der Waals surface area contributed by atoms with Crippen LogP contribution in [0.15, 0.2) is 77.8 Å². The maximum atomic E-state index is 12.7. The molecule has 2 aliphatic heterocycles. The number of hydrogen-bond donors (Lipinski definition) is 7. The maximum Gasteiger partial charge on any atom is 0.494 e. The summed E-state index contributed by atoms with van der Waals surface area (Å²) in [7, 11) is 1.21. The first-order chi connectivity index (χ1) is 23.2. The van der Waals surface area contributed by atoms with Gasteiger partial charge in [-0.1, -0.05) is 42.5 Å². The van der Waals surface area contributed by atoms with E-state index in [1.54, 1.807) is 24.3 Å². The van der Waals surface area contributed by atoms with Gasteiger partial charge in [0.15, 0.2) is 5.88 Å². The molecule has 0 bridgehead atoms. The Kier molecular flexibility index (Phi) is 10.5. The Morgan fingerprint density at radius 3 is 2.48 bits per heavy atom. The number of aliphatic hydroxyl groups excluding tert-OH is 4. The molecule has 1 amide bonds. The van der Waals surface area contributed by atoms with Gasteiger partial charge in [-0.05, 0) is 42.8 Å². The molecule has 7 N–H and O–H groups in total. The molecule has 3 heterocycles. The van der Waals surface area contributed by atoms with Crippen molar-refractivity contribution in [1.29, 1.82) is 0 Å². The number of H-pyrrole nitrogens is 1. The second-order valence-electron chi connectivity index (χ2n) is 12.2. The molecule has 0 aliphatic carbocycles. The molecule has 3 aromatic carbocycles. The molecular weight excluding hydrogens is 617 g/mol. The minimum absolute atomic E-state index is 0.0378. The minimum atomic E-state index is -1.61. The summed E-state index contributed by atoms with van der Waals surface area (Å²) >= 11 is 0. The maximum absolute atomic E-state index is 12.7. The summed E-state index contributed by atoms with van der Waals surface area (Å²) in [6.45, 7) is 3.19. The van der Waals surface area contributed by atoms with Crippen molar-refractivity contribution >= 4 is 46.5 Å². The summed E-state index contributed by atoms with van der Waals surface area (Å²) in [5, 5.41) is 54.1. The SMILES string of the molecule is CN1CCN(CC(=O)Nc2ccc(N=C(c3ccccc3)c3c(O)[nH]c4cc(B5OC[C@H]([C@@H](O)[C@H](O)[C@@H](O)CO)O5)ccc34)cc2)CC1. The van der Waals surface area contributed by atoms with Crippen molar-refractivity contribution in [1.82, 2.24) is 14.8 Å². The number of piperazine rings is 1. The number of aliphatic hydroxyl groups is 4. The molecule has 48 heavy (non-hydrogen) atoms. The van der Waals surface area contributed by atoms with E-state index in [2.05, 4.69) is 27.1 Å². The van der Waals surface area contributed by atoms with Crippen LogP contribution in [0.25, 0.3) is 10.9 Å². The highest BCUT2D eigenvalue weighted by Gasteiger charge is 2.41. The quantitative estimate of drug-likeness (QED) is 0.0882. The lowest BCUT2D eigenvalue weighted by Gasteiger charge is -2.31. The van der Waals surface area contributed by atoms with Crippen LogP contribution in [0, 0.1) is 0 Å². The number of hydrogen-bond acceptors (Lipinski definition) is 11. The van der Waals surface area contributed by atoms with Gasteiger partial charge >= 0.3 is 7.12 Å². The average molecular weight is 658 g/mol. The molecule has 2 saturated heterocycles. The van der Waals surface area contributed by atoms with Gasteiger partial charge in [0.25, 0.3) is 0 Å². The Bertz CT molecular complexity index is 1730. The number of aromatic nitrogens is 1. The molecule has 4 atom stereocenters. The topological polar surface area (TPSA) is 183 Å². The molecule has 1 aromatic heterocycles. The van der Waals surface area contributed by atoms with E-state index in [9.17, 15) is 25.2 Å². The molecule has 2 aliphatic rings. The number of benzene rings is 3. The lowest BCUT2D eigenvalue weighted by atomic mass is 9.79. The molecule has 0 spiro atoms. The van der Waals surface area contributed by atoms with E-state index in [0.717, 1.165) is 31.7 Å². The van der Waals surface area contributed by atoms with Gasteiger partial charge in [0.05, 0.1) is 42.8 Å². The molecular formula is C34H40BN5O8. The normalized spacial score (nSPS) is 19.8. The van der Waals surface area contributed by atoms with Crippen LogP contribution < -0.4 is 10.8 Å². The summed E-state index contributed by atoms with van der Waals surface area (Å²) in [5.74, 6) is -0.151. The standard InChI is InChI=1S/C34H40BN5O8/c1-39-13-15-40(16-14-39)18-29(43)36-23-8-10-24(11-9-23)37-31(21-5-3-2-4-6-21)30-25-12-7-22(17-26(25)38-34(30)46)35-47-20-28(48-35)33(45)32(44)27(42)19-41/h2-12,17,27-28,32-33,38,41-42,44-46H,13-16,18-20H2,1H3,(H,36,43)/t27-,28+,32+,33+/m0/s1. The molecule has 252 valence electrons. The Morgan fingerprint density at radius 2 is 1.77 bits per heavy atom. The Morgan fingerprint density at radius 1 is 1.04 bits per heavy atom. The average Bonchev–Trinajstić information content (AvgIpc) is 3.72. The number of aromatic hydroxyl groups is 1. The van der Waals surface area contributed by atoms with Crippen LogP contribution in [0.2, 0.25) is 0 Å². The number of likely N-dealkylation sites (N-methyl/N-ethyl adjacent to an activating group) is 1. The summed E-state index contributed by atoms with van der Waals surface area (Å²) in [6, 6.07) is 22.1. The molecule has 0 unspecified atom stereocenters. The predicted octanol–water partition coefficient (Wildman–Crippen LogP) is 0.414. The van der Waals surface area contributed by atoms with Crippen molar-refractivity contribution in [2.24, 2.45) is 4.99 Å². The van der Waals surface area contributed by atoms with E-state index in [4.69, 9.17) is 19.4 Å². The zero-order valence-electron chi connectivity index (χ0n) is 26.6. The number of amides is 1. The van der Waals surface area contributed by atoms with Gasteiger partial charge in [-0.3, -0.25) is 9.69 Å². The van der Waals surface area contributed by atoms with Crippen LogP contribution in [0.3, 0.4) is 0 Å². The van der Waals surface area contributed by atoms with Crippen LogP contribution in [0.4, 0.5) is 11.4 Å². The third kappa shape index (κ3) is 7.62.